The molecule has 1 amide bonds. The number of benzene rings is 1. The van der Waals surface area contributed by atoms with Crippen LogP contribution < -0.4 is 4.74 Å². The van der Waals surface area contributed by atoms with Gasteiger partial charge in [-0.1, -0.05) is 11.6 Å². The maximum absolute atomic E-state index is 12.9. The van der Waals surface area contributed by atoms with Gasteiger partial charge in [-0.05, 0) is 24.6 Å². The van der Waals surface area contributed by atoms with E-state index < -0.39 is 11.4 Å². The summed E-state index contributed by atoms with van der Waals surface area (Å²) in [6.07, 6.45) is 0.336. The molecule has 1 saturated heterocycles. The first-order valence-electron chi connectivity index (χ1n) is 7.86. The van der Waals surface area contributed by atoms with E-state index in [-0.39, 0.29) is 19.1 Å². The van der Waals surface area contributed by atoms with Gasteiger partial charge in [-0.2, -0.15) is 0 Å². The standard InChI is InChI=1S/C17H22ClNO6/c1-23-7-8-25-14-4-3-12(18)9-13(14)15(20)19-6-5-17(10-19,11-24-2)16(21)22/h3-4,9H,5-8,10-11H2,1-2H3,(H,21,22). The van der Waals surface area contributed by atoms with Crippen LogP contribution in [0.4, 0.5) is 0 Å². The van der Waals surface area contributed by atoms with Gasteiger partial charge >= 0.3 is 5.97 Å². The molecule has 1 aromatic carbocycles. The van der Waals surface area contributed by atoms with Crippen LogP contribution in [0.15, 0.2) is 18.2 Å². The van der Waals surface area contributed by atoms with Crippen LogP contribution in [0.1, 0.15) is 16.8 Å². The zero-order valence-electron chi connectivity index (χ0n) is 14.3. The number of carboxylic acids is 1. The molecule has 8 heteroatoms. The molecule has 0 radical (unpaired) electrons. The van der Waals surface area contributed by atoms with E-state index in [0.717, 1.165) is 0 Å². The molecule has 0 spiro atoms. The van der Waals surface area contributed by atoms with Gasteiger partial charge in [-0.3, -0.25) is 9.59 Å². The number of nitrogens with zero attached hydrogens (tertiary/aromatic N) is 1. The number of carbonyl (C=O) groups is 2. The molecular formula is C17H22ClNO6. The summed E-state index contributed by atoms with van der Waals surface area (Å²) >= 11 is 6.02. The minimum atomic E-state index is -1.08. The summed E-state index contributed by atoms with van der Waals surface area (Å²) in [5.41, 5.74) is -0.776. The smallest absolute Gasteiger partial charge is 0.313 e. The van der Waals surface area contributed by atoms with Gasteiger partial charge in [0, 0.05) is 32.3 Å². The number of amides is 1. The molecule has 0 aliphatic carbocycles. The van der Waals surface area contributed by atoms with Crippen molar-refractivity contribution < 1.29 is 28.9 Å². The number of likely N-dealkylation sites (tertiary alicyclic amines) is 1. The summed E-state index contributed by atoms with van der Waals surface area (Å²) < 4.78 is 15.6. The summed E-state index contributed by atoms with van der Waals surface area (Å²) in [5, 5.41) is 9.93. The highest BCUT2D eigenvalue weighted by atomic mass is 35.5. The van der Waals surface area contributed by atoms with Gasteiger partial charge in [0.2, 0.25) is 0 Å². The van der Waals surface area contributed by atoms with Crippen molar-refractivity contribution in [1.82, 2.24) is 4.90 Å². The molecule has 1 aliphatic rings. The fourth-order valence-electron chi connectivity index (χ4n) is 2.88. The monoisotopic (exact) mass is 371 g/mol. The third kappa shape index (κ3) is 4.42. The Morgan fingerprint density at radius 2 is 2.04 bits per heavy atom. The van der Waals surface area contributed by atoms with Crippen LogP contribution in [0, 0.1) is 5.41 Å². The highest BCUT2D eigenvalue weighted by Gasteiger charge is 2.46. The number of hydrogen-bond acceptors (Lipinski definition) is 5. The Balaban J connectivity index is 2.20. The number of carboxylic acid groups (broad SMARTS) is 1. The number of hydrogen-bond donors (Lipinski definition) is 1. The number of ether oxygens (including phenoxy) is 3. The summed E-state index contributed by atoms with van der Waals surface area (Å²) in [6, 6.07) is 4.79. The Kier molecular flexibility index (Phi) is 6.64. The van der Waals surface area contributed by atoms with Crippen molar-refractivity contribution >= 4 is 23.5 Å². The zero-order chi connectivity index (χ0) is 18.4. The van der Waals surface area contributed by atoms with Crippen LogP contribution >= 0.6 is 11.6 Å². The predicted molar refractivity (Wildman–Crippen MR) is 91.3 cm³/mol. The quantitative estimate of drug-likeness (QED) is 0.703. The Morgan fingerprint density at radius 1 is 1.28 bits per heavy atom. The SMILES string of the molecule is COCCOc1ccc(Cl)cc1C(=O)N1CCC(COC)(C(=O)O)C1. The Hall–Kier alpha value is -1.83. The molecule has 138 valence electrons. The largest absolute Gasteiger partial charge is 0.490 e. The van der Waals surface area contributed by atoms with Crippen molar-refractivity contribution in [2.45, 2.75) is 6.42 Å². The molecule has 1 aromatic rings. The lowest BCUT2D eigenvalue weighted by Gasteiger charge is -2.24. The minimum Gasteiger partial charge on any atom is -0.490 e. The van der Waals surface area contributed by atoms with Crippen molar-refractivity contribution in [1.29, 1.82) is 0 Å². The second-order valence-electron chi connectivity index (χ2n) is 5.98. The number of rotatable bonds is 8. The molecule has 1 heterocycles. The van der Waals surface area contributed by atoms with E-state index in [9.17, 15) is 14.7 Å². The van der Waals surface area contributed by atoms with Crippen LogP contribution in [0.5, 0.6) is 5.75 Å². The average Bonchev–Trinajstić information content (AvgIpc) is 3.02. The zero-order valence-corrected chi connectivity index (χ0v) is 15.0. The molecular weight excluding hydrogens is 350 g/mol. The molecule has 1 unspecified atom stereocenters. The van der Waals surface area contributed by atoms with Crippen LogP contribution in [0.25, 0.3) is 0 Å². The molecule has 0 aromatic heterocycles. The normalized spacial score (nSPS) is 19.9. The Bertz CT molecular complexity index is 638. The maximum atomic E-state index is 12.9. The number of halogens is 1. The maximum Gasteiger partial charge on any atom is 0.313 e. The van der Waals surface area contributed by atoms with E-state index in [1.165, 1.54) is 18.1 Å². The second-order valence-corrected chi connectivity index (χ2v) is 6.41. The second kappa shape index (κ2) is 8.51. The van der Waals surface area contributed by atoms with Crippen LogP contribution in [0.3, 0.4) is 0 Å². The Morgan fingerprint density at radius 3 is 2.68 bits per heavy atom. The van der Waals surface area contributed by atoms with E-state index >= 15 is 0 Å². The molecule has 25 heavy (non-hydrogen) atoms. The van der Waals surface area contributed by atoms with E-state index in [1.807, 2.05) is 0 Å². The topological polar surface area (TPSA) is 85.3 Å². The van der Waals surface area contributed by atoms with Gasteiger partial charge in [0.1, 0.15) is 17.8 Å². The first-order valence-corrected chi connectivity index (χ1v) is 8.24. The van der Waals surface area contributed by atoms with Crippen LogP contribution in [0.2, 0.25) is 5.02 Å². The lowest BCUT2D eigenvalue weighted by molar-refractivity contribution is -0.151. The lowest BCUT2D eigenvalue weighted by atomic mass is 9.88. The van der Waals surface area contributed by atoms with Crippen molar-refractivity contribution in [2.75, 3.05) is 47.1 Å². The molecule has 1 fully saturated rings. The molecule has 1 aliphatic heterocycles. The minimum absolute atomic E-state index is 0.0544. The summed E-state index contributed by atoms with van der Waals surface area (Å²) in [4.78, 5) is 26.0. The van der Waals surface area contributed by atoms with Crippen LogP contribution in [-0.4, -0.2) is 69.0 Å². The molecule has 7 nitrogen and oxygen atoms in total. The number of methoxy groups -OCH3 is 2. The lowest BCUT2D eigenvalue weighted by Crippen LogP contribution is -2.40. The first-order chi connectivity index (χ1) is 11.9. The van der Waals surface area contributed by atoms with E-state index in [4.69, 9.17) is 25.8 Å². The highest BCUT2D eigenvalue weighted by molar-refractivity contribution is 6.31. The molecule has 1 atom stereocenters. The number of aliphatic carboxylic acids is 1. The average molecular weight is 372 g/mol. The van der Waals surface area contributed by atoms with Crippen LogP contribution in [-0.2, 0) is 14.3 Å². The van der Waals surface area contributed by atoms with Crippen molar-refractivity contribution in [2.24, 2.45) is 5.41 Å². The van der Waals surface area contributed by atoms with Crippen molar-refractivity contribution in [3.63, 3.8) is 0 Å². The molecule has 2 rings (SSSR count). The van der Waals surface area contributed by atoms with E-state index in [2.05, 4.69) is 0 Å². The molecule has 0 saturated carbocycles. The van der Waals surface area contributed by atoms with Gasteiger partial charge in [-0.25, -0.2) is 0 Å². The van der Waals surface area contributed by atoms with Gasteiger partial charge in [0.25, 0.3) is 5.91 Å². The Labute approximate surface area is 151 Å². The molecule has 1 N–H and O–H groups in total. The molecule has 0 bridgehead atoms. The van der Waals surface area contributed by atoms with Gasteiger partial charge in [0.05, 0.1) is 18.8 Å². The predicted octanol–water partition coefficient (Wildman–Crippen LogP) is 1.93. The van der Waals surface area contributed by atoms with Crippen molar-refractivity contribution in [3.05, 3.63) is 28.8 Å². The first kappa shape index (κ1) is 19.5. The van der Waals surface area contributed by atoms with E-state index in [0.29, 0.717) is 42.5 Å². The van der Waals surface area contributed by atoms with Gasteiger partial charge < -0.3 is 24.2 Å². The third-order valence-corrected chi connectivity index (χ3v) is 4.47. The van der Waals surface area contributed by atoms with Gasteiger partial charge in [-0.15, -0.1) is 0 Å². The summed E-state index contributed by atoms with van der Waals surface area (Å²) in [6.45, 7) is 1.15. The summed E-state index contributed by atoms with van der Waals surface area (Å²) in [7, 11) is 3.01. The number of carbonyl (C=O) groups excluding carboxylic acids is 1. The highest BCUT2D eigenvalue weighted by Crippen LogP contribution is 2.34. The fraction of sp³-hybridized carbons (Fsp3) is 0.529. The van der Waals surface area contributed by atoms with Crippen molar-refractivity contribution in [3.8, 4) is 5.75 Å². The van der Waals surface area contributed by atoms with E-state index in [1.54, 1.807) is 19.2 Å². The third-order valence-electron chi connectivity index (χ3n) is 4.23. The fourth-order valence-corrected chi connectivity index (χ4v) is 3.05. The summed E-state index contributed by atoms with van der Waals surface area (Å²) in [5.74, 6) is -0.882. The van der Waals surface area contributed by atoms with Gasteiger partial charge in [0.15, 0.2) is 0 Å².